The molecular weight excluding hydrogens is 432 g/mol. The minimum atomic E-state index is -0.287. The van der Waals surface area contributed by atoms with E-state index in [2.05, 4.69) is 0 Å². The van der Waals surface area contributed by atoms with Crippen LogP contribution in [0, 0.1) is 13.8 Å². The highest BCUT2D eigenvalue weighted by Crippen LogP contribution is 2.34. The van der Waals surface area contributed by atoms with Gasteiger partial charge in [-0.3, -0.25) is 14.5 Å². The molecule has 1 aliphatic rings. The van der Waals surface area contributed by atoms with E-state index in [9.17, 15) is 9.59 Å². The van der Waals surface area contributed by atoms with Crippen molar-refractivity contribution in [1.29, 1.82) is 0 Å². The Kier molecular flexibility index (Phi) is 6.66. The van der Waals surface area contributed by atoms with Gasteiger partial charge in [0.2, 0.25) is 0 Å². The Morgan fingerprint density at radius 1 is 0.848 bits per heavy atom. The first-order chi connectivity index (χ1) is 15.9. The molecule has 0 radical (unpaired) electrons. The summed E-state index contributed by atoms with van der Waals surface area (Å²) in [5.41, 5.74) is 5.70. The maximum absolute atomic E-state index is 13.7. The van der Waals surface area contributed by atoms with Crippen LogP contribution >= 0.6 is 11.6 Å². The van der Waals surface area contributed by atoms with Gasteiger partial charge in [0.1, 0.15) is 5.70 Å². The number of hydrogen-bond acceptors (Lipinski definition) is 3. The van der Waals surface area contributed by atoms with Gasteiger partial charge in [-0.05, 0) is 54.7 Å². The summed E-state index contributed by atoms with van der Waals surface area (Å²) in [6.07, 6.45) is 0. The van der Waals surface area contributed by atoms with Crippen molar-refractivity contribution in [1.82, 2.24) is 9.80 Å². The Morgan fingerprint density at radius 3 is 2.21 bits per heavy atom. The van der Waals surface area contributed by atoms with Gasteiger partial charge in [-0.1, -0.05) is 78.3 Å². The lowest BCUT2D eigenvalue weighted by Gasteiger charge is -2.25. The van der Waals surface area contributed by atoms with Crippen molar-refractivity contribution in [3.63, 3.8) is 0 Å². The van der Waals surface area contributed by atoms with Gasteiger partial charge in [0, 0.05) is 18.1 Å². The minimum absolute atomic E-state index is 0.137. The van der Waals surface area contributed by atoms with Crippen molar-refractivity contribution in [2.45, 2.75) is 33.9 Å². The van der Waals surface area contributed by atoms with E-state index in [1.165, 1.54) is 4.90 Å². The highest BCUT2D eigenvalue weighted by Gasteiger charge is 2.41. The van der Waals surface area contributed by atoms with Crippen LogP contribution in [0.25, 0.3) is 5.57 Å². The first-order valence-corrected chi connectivity index (χ1v) is 11.5. The van der Waals surface area contributed by atoms with E-state index in [-0.39, 0.29) is 18.4 Å². The molecule has 0 atom stereocenters. The largest absolute Gasteiger partial charge is 0.362 e. The molecule has 0 saturated heterocycles. The van der Waals surface area contributed by atoms with Crippen LogP contribution in [0.4, 0.5) is 0 Å². The highest BCUT2D eigenvalue weighted by atomic mass is 35.5. The zero-order valence-corrected chi connectivity index (χ0v) is 19.9. The van der Waals surface area contributed by atoms with E-state index in [4.69, 9.17) is 11.6 Å². The fraction of sp³-hybridized carbons (Fsp3) is 0.214. The Morgan fingerprint density at radius 2 is 1.55 bits per heavy atom. The third-order valence-electron chi connectivity index (χ3n) is 6.14. The lowest BCUT2D eigenvalue weighted by atomic mass is 9.99. The van der Waals surface area contributed by atoms with Crippen LogP contribution in [0.5, 0.6) is 0 Å². The van der Waals surface area contributed by atoms with Gasteiger partial charge < -0.3 is 4.90 Å². The van der Waals surface area contributed by atoms with Crippen molar-refractivity contribution < 1.29 is 9.59 Å². The van der Waals surface area contributed by atoms with E-state index in [0.29, 0.717) is 29.4 Å². The van der Waals surface area contributed by atoms with Gasteiger partial charge >= 0.3 is 0 Å². The molecule has 3 aromatic rings. The number of likely N-dealkylation sites (N-methyl/N-ethyl adjacent to an activating group) is 1. The second kappa shape index (κ2) is 9.63. The second-order valence-electron chi connectivity index (χ2n) is 8.31. The average molecular weight is 459 g/mol. The van der Waals surface area contributed by atoms with Gasteiger partial charge in [0.25, 0.3) is 11.8 Å². The van der Waals surface area contributed by atoms with E-state index in [1.807, 2.05) is 92.4 Å². The van der Waals surface area contributed by atoms with Crippen LogP contribution in [0.1, 0.15) is 34.7 Å². The molecule has 0 spiro atoms. The summed E-state index contributed by atoms with van der Waals surface area (Å²) < 4.78 is 0. The molecule has 0 saturated carbocycles. The average Bonchev–Trinajstić information content (AvgIpc) is 3.06. The first-order valence-electron chi connectivity index (χ1n) is 11.1. The van der Waals surface area contributed by atoms with Crippen molar-refractivity contribution in [3.8, 4) is 0 Å². The molecule has 0 unspecified atom stereocenters. The van der Waals surface area contributed by atoms with Gasteiger partial charge in [-0.2, -0.15) is 0 Å². The highest BCUT2D eigenvalue weighted by molar-refractivity contribution is 6.35. The third kappa shape index (κ3) is 4.57. The van der Waals surface area contributed by atoms with Crippen LogP contribution in [0.15, 0.2) is 78.5 Å². The molecule has 0 bridgehead atoms. The molecule has 0 N–H and O–H groups in total. The van der Waals surface area contributed by atoms with Crippen molar-refractivity contribution in [2.24, 2.45) is 0 Å². The Bertz CT molecular complexity index is 1230. The van der Waals surface area contributed by atoms with Crippen LogP contribution < -0.4 is 0 Å². The van der Waals surface area contributed by atoms with E-state index in [0.717, 1.165) is 27.8 Å². The van der Waals surface area contributed by atoms with Crippen LogP contribution in [-0.2, 0) is 22.7 Å². The number of benzene rings is 3. The molecule has 0 aromatic heterocycles. The summed E-state index contributed by atoms with van der Waals surface area (Å²) in [5, 5.41) is 0.538. The standard InChI is InChI=1S/C28H27ClN2O2/c1-4-30(17-21-10-6-5-7-11-21)26-25(22-15-14-19(2)20(3)16-22)27(32)31(28(26)33)18-23-12-8-9-13-24(23)29/h5-16H,4,17-18H2,1-3H3. The third-order valence-corrected chi connectivity index (χ3v) is 6.51. The summed E-state index contributed by atoms with van der Waals surface area (Å²) >= 11 is 6.35. The SMILES string of the molecule is CCN(Cc1ccccc1)C1=C(c2ccc(C)c(C)c2)C(=O)N(Cc2ccccc2Cl)C1=O. The van der Waals surface area contributed by atoms with E-state index in [1.54, 1.807) is 6.07 Å². The van der Waals surface area contributed by atoms with Gasteiger partial charge in [0.15, 0.2) is 0 Å². The maximum atomic E-state index is 13.7. The molecule has 0 aliphatic carbocycles. The fourth-order valence-electron chi connectivity index (χ4n) is 4.11. The van der Waals surface area contributed by atoms with Crippen LogP contribution in [-0.4, -0.2) is 28.2 Å². The molecule has 1 heterocycles. The molecule has 1 aliphatic heterocycles. The van der Waals surface area contributed by atoms with Gasteiger partial charge in [-0.25, -0.2) is 0 Å². The maximum Gasteiger partial charge on any atom is 0.278 e. The zero-order chi connectivity index (χ0) is 23.5. The molecule has 168 valence electrons. The first kappa shape index (κ1) is 22.8. The van der Waals surface area contributed by atoms with Crippen molar-refractivity contribution in [2.75, 3.05) is 6.54 Å². The molecule has 3 aromatic carbocycles. The molecule has 4 rings (SSSR count). The molecule has 0 fully saturated rings. The van der Waals surface area contributed by atoms with Crippen LogP contribution in [0.2, 0.25) is 5.02 Å². The number of hydrogen-bond donors (Lipinski definition) is 0. The molecule has 5 heteroatoms. The van der Waals surface area contributed by atoms with Gasteiger partial charge in [-0.15, -0.1) is 0 Å². The topological polar surface area (TPSA) is 40.6 Å². The molecule has 33 heavy (non-hydrogen) atoms. The Labute approximate surface area is 200 Å². The lowest BCUT2D eigenvalue weighted by Crippen LogP contribution is -2.34. The zero-order valence-electron chi connectivity index (χ0n) is 19.1. The monoisotopic (exact) mass is 458 g/mol. The van der Waals surface area contributed by atoms with E-state index < -0.39 is 0 Å². The summed E-state index contributed by atoms with van der Waals surface area (Å²) in [6.45, 7) is 7.33. The number of halogens is 1. The summed E-state index contributed by atoms with van der Waals surface area (Å²) in [7, 11) is 0. The van der Waals surface area contributed by atoms with Crippen molar-refractivity contribution >= 4 is 29.0 Å². The second-order valence-corrected chi connectivity index (χ2v) is 8.72. The lowest BCUT2D eigenvalue weighted by molar-refractivity contribution is -0.138. The molecule has 4 nitrogen and oxygen atoms in total. The predicted molar refractivity (Wildman–Crippen MR) is 132 cm³/mol. The van der Waals surface area contributed by atoms with Crippen LogP contribution in [0.3, 0.4) is 0 Å². The summed E-state index contributed by atoms with van der Waals surface area (Å²) in [4.78, 5) is 30.7. The normalized spacial score (nSPS) is 13.8. The van der Waals surface area contributed by atoms with E-state index >= 15 is 0 Å². The molecule has 2 amide bonds. The predicted octanol–water partition coefficient (Wildman–Crippen LogP) is 5.76. The number of imide groups is 1. The minimum Gasteiger partial charge on any atom is -0.362 e. The Balaban J connectivity index is 1.79. The van der Waals surface area contributed by atoms with Gasteiger partial charge in [0.05, 0.1) is 12.1 Å². The van der Waals surface area contributed by atoms with Crippen molar-refractivity contribution in [3.05, 3.63) is 111 Å². The number of amides is 2. The number of aryl methyl sites for hydroxylation is 2. The number of carbonyl (C=O) groups excluding carboxylic acids is 2. The number of nitrogens with zero attached hydrogens (tertiary/aromatic N) is 2. The smallest absolute Gasteiger partial charge is 0.278 e. The number of rotatable bonds is 7. The summed E-state index contributed by atoms with van der Waals surface area (Å²) in [5.74, 6) is -0.574. The quantitative estimate of drug-likeness (QED) is 0.423. The molecular formula is C28H27ClN2O2. The fourth-order valence-corrected chi connectivity index (χ4v) is 4.30. The summed E-state index contributed by atoms with van der Waals surface area (Å²) in [6, 6.07) is 23.2. The number of carbonyl (C=O) groups is 2. The Hall–Kier alpha value is -3.37.